The van der Waals surface area contributed by atoms with Crippen molar-refractivity contribution in [2.75, 3.05) is 0 Å². The third-order valence-electron chi connectivity index (χ3n) is 2.27. The first kappa shape index (κ1) is 15.8. The Bertz CT molecular complexity index is 451. The van der Waals surface area contributed by atoms with E-state index in [0.29, 0.717) is 6.42 Å². The lowest BCUT2D eigenvalue weighted by Gasteiger charge is -2.17. The van der Waals surface area contributed by atoms with E-state index in [4.69, 9.17) is 11.6 Å². The second-order valence-corrected chi connectivity index (χ2v) is 4.26. The maximum absolute atomic E-state index is 12.7. The Kier molecular flexibility index (Phi) is 5.17. The summed E-state index contributed by atoms with van der Waals surface area (Å²) >= 11 is 5.73. The van der Waals surface area contributed by atoms with Crippen molar-refractivity contribution in [3.05, 3.63) is 29.8 Å². The van der Waals surface area contributed by atoms with E-state index in [1.54, 1.807) is 6.92 Å². The Morgan fingerprint density at radius 1 is 1.42 bits per heavy atom. The number of rotatable bonds is 6. The van der Waals surface area contributed by atoms with Crippen LogP contribution >= 0.6 is 11.6 Å². The van der Waals surface area contributed by atoms with Crippen LogP contribution in [-0.2, 0) is 0 Å². The predicted molar refractivity (Wildman–Crippen MR) is 62.3 cm³/mol. The van der Waals surface area contributed by atoms with Gasteiger partial charge in [-0.25, -0.2) is 0 Å². The molecule has 0 radical (unpaired) electrons. The van der Waals surface area contributed by atoms with Crippen LogP contribution in [0.2, 0.25) is 0 Å². The maximum atomic E-state index is 12.7. The van der Waals surface area contributed by atoms with Crippen molar-refractivity contribution in [2.45, 2.75) is 31.3 Å². The van der Waals surface area contributed by atoms with Crippen LogP contribution in [0.1, 0.15) is 23.7 Å². The zero-order valence-corrected chi connectivity index (χ0v) is 10.6. The number of carbonyl (C=O) groups excluding carboxylic acids is 1. The van der Waals surface area contributed by atoms with Gasteiger partial charge in [0.15, 0.2) is 5.78 Å². The predicted octanol–water partition coefficient (Wildman–Crippen LogP) is 4.12. The van der Waals surface area contributed by atoms with Crippen molar-refractivity contribution in [2.24, 2.45) is 0 Å². The molecule has 0 bridgehead atoms. The first-order chi connectivity index (χ1) is 8.77. The van der Waals surface area contributed by atoms with Crippen molar-refractivity contribution in [1.82, 2.24) is 0 Å². The van der Waals surface area contributed by atoms with Crippen LogP contribution in [0.15, 0.2) is 24.3 Å². The second-order valence-electron chi connectivity index (χ2n) is 3.73. The zero-order chi connectivity index (χ0) is 14.6. The highest BCUT2D eigenvalue weighted by molar-refractivity contribution is 6.33. The van der Waals surface area contributed by atoms with E-state index in [-0.39, 0.29) is 5.56 Å². The van der Waals surface area contributed by atoms with Crippen LogP contribution < -0.4 is 4.74 Å². The summed E-state index contributed by atoms with van der Waals surface area (Å²) in [6.07, 6.45) is -8.20. The lowest BCUT2D eigenvalue weighted by molar-refractivity contribution is -0.253. The van der Waals surface area contributed by atoms with E-state index in [2.05, 4.69) is 4.74 Å². The number of hydrogen-bond acceptors (Lipinski definition) is 2. The summed E-state index contributed by atoms with van der Waals surface area (Å²) < 4.78 is 53.3. The number of hydrogen-bond donors (Lipinski definition) is 0. The molecule has 0 amide bonds. The van der Waals surface area contributed by atoms with Crippen LogP contribution in [0.25, 0.3) is 0 Å². The molecular formula is C12H11ClF4O2. The van der Waals surface area contributed by atoms with Gasteiger partial charge in [-0.3, -0.25) is 4.79 Å². The van der Waals surface area contributed by atoms with Crippen molar-refractivity contribution in [3.8, 4) is 5.75 Å². The van der Waals surface area contributed by atoms with Gasteiger partial charge in [-0.2, -0.15) is 17.6 Å². The molecule has 0 saturated heterocycles. The van der Waals surface area contributed by atoms with Gasteiger partial charge in [0.25, 0.3) is 0 Å². The van der Waals surface area contributed by atoms with Crippen LogP contribution in [0.5, 0.6) is 5.75 Å². The molecule has 1 aromatic rings. The summed E-state index contributed by atoms with van der Waals surface area (Å²) in [5.41, 5.74) is 0.0319. The number of alkyl halides is 5. The summed E-state index contributed by atoms with van der Waals surface area (Å²) in [4.78, 5) is 11.7. The van der Waals surface area contributed by atoms with E-state index in [1.807, 2.05) is 0 Å². The largest absolute Gasteiger partial charge is 0.461 e. The Labute approximate surface area is 112 Å². The zero-order valence-electron chi connectivity index (χ0n) is 9.88. The van der Waals surface area contributed by atoms with Gasteiger partial charge in [0.05, 0.1) is 5.38 Å². The Balaban J connectivity index is 2.92. The number of halogens is 5. The van der Waals surface area contributed by atoms with Gasteiger partial charge in [0, 0.05) is 5.56 Å². The highest BCUT2D eigenvalue weighted by Crippen LogP contribution is 2.28. The number of benzene rings is 1. The molecule has 0 heterocycles. The standard InChI is InChI=1S/C12H11ClF4O2/c1-2-9(13)10(18)7-4-3-5-8(6-7)19-12(16,17)11(14)15/h3-6,9,11H,2H2,1H3. The molecule has 0 fully saturated rings. The molecule has 2 nitrogen and oxygen atoms in total. The van der Waals surface area contributed by atoms with E-state index < -0.39 is 29.4 Å². The minimum Gasteiger partial charge on any atom is -0.428 e. The summed E-state index contributed by atoms with van der Waals surface area (Å²) in [5.74, 6) is -0.994. The van der Waals surface area contributed by atoms with Gasteiger partial charge in [-0.05, 0) is 18.6 Å². The fraction of sp³-hybridized carbons (Fsp3) is 0.417. The lowest BCUT2D eigenvalue weighted by atomic mass is 10.1. The fourth-order valence-electron chi connectivity index (χ4n) is 1.28. The minimum absolute atomic E-state index is 0.0319. The van der Waals surface area contributed by atoms with Gasteiger partial charge in [0.1, 0.15) is 5.75 Å². The molecule has 1 atom stereocenters. The molecule has 0 aliphatic heterocycles. The molecule has 0 aliphatic carbocycles. The molecule has 0 aromatic heterocycles. The molecular weight excluding hydrogens is 288 g/mol. The molecule has 0 spiro atoms. The molecule has 7 heteroatoms. The average molecular weight is 299 g/mol. The van der Waals surface area contributed by atoms with Crippen molar-refractivity contribution in [3.63, 3.8) is 0 Å². The topological polar surface area (TPSA) is 26.3 Å². The average Bonchev–Trinajstić information content (AvgIpc) is 2.36. The number of Topliss-reactive ketones (excluding diaryl/α,β-unsaturated/α-hetero) is 1. The molecule has 0 N–H and O–H groups in total. The monoisotopic (exact) mass is 298 g/mol. The summed E-state index contributed by atoms with van der Waals surface area (Å²) in [6.45, 7) is 1.68. The van der Waals surface area contributed by atoms with Crippen LogP contribution in [0.4, 0.5) is 17.6 Å². The van der Waals surface area contributed by atoms with Gasteiger partial charge in [0.2, 0.25) is 0 Å². The first-order valence-corrected chi connectivity index (χ1v) is 5.85. The number of ether oxygens (including phenoxy) is 1. The highest BCUT2D eigenvalue weighted by atomic mass is 35.5. The van der Waals surface area contributed by atoms with Crippen LogP contribution in [0, 0.1) is 0 Å². The van der Waals surface area contributed by atoms with Gasteiger partial charge >= 0.3 is 12.5 Å². The SMILES string of the molecule is CCC(Cl)C(=O)c1cccc(OC(F)(F)C(F)F)c1. The summed E-state index contributed by atoms with van der Waals surface area (Å²) in [7, 11) is 0. The molecule has 1 aromatic carbocycles. The van der Waals surface area contributed by atoms with E-state index in [1.165, 1.54) is 12.1 Å². The van der Waals surface area contributed by atoms with Crippen LogP contribution in [0.3, 0.4) is 0 Å². The Morgan fingerprint density at radius 3 is 2.58 bits per heavy atom. The highest BCUT2D eigenvalue weighted by Gasteiger charge is 2.44. The van der Waals surface area contributed by atoms with Gasteiger partial charge in [-0.1, -0.05) is 19.1 Å². The van der Waals surface area contributed by atoms with Crippen molar-refractivity contribution < 1.29 is 27.1 Å². The third kappa shape index (κ3) is 4.09. The Morgan fingerprint density at radius 2 is 2.05 bits per heavy atom. The summed E-state index contributed by atoms with van der Waals surface area (Å²) in [5, 5.41) is -0.800. The number of carbonyl (C=O) groups is 1. The maximum Gasteiger partial charge on any atom is 0.461 e. The first-order valence-electron chi connectivity index (χ1n) is 5.41. The van der Waals surface area contributed by atoms with Crippen molar-refractivity contribution >= 4 is 17.4 Å². The van der Waals surface area contributed by atoms with E-state index in [9.17, 15) is 22.4 Å². The molecule has 19 heavy (non-hydrogen) atoms. The normalized spacial score (nSPS) is 13.4. The molecule has 1 rings (SSSR count). The van der Waals surface area contributed by atoms with Crippen molar-refractivity contribution in [1.29, 1.82) is 0 Å². The Hall–Kier alpha value is -1.30. The molecule has 0 aliphatic rings. The molecule has 0 saturated carbocycles. The summed E-state index contributed by atoms with van der Waals surface area (Å²) in [6, 6.07) is 4.62. The van der Waals surface area contributed by atoms with E-state index in [0.717, 1.165) is 12.1 Å². The van der Waals surface area contributed by atoms with Gasteiger partial charge in [-0.15, -0.1) is 11.6 Å². The fourth-order valence-corrected chi connectivity index (χ4v) is 1.41. The van der Waals surface area contributed by atoms with Crippen LogP contribution in [-0.4, -0.2) is 23.7 Å². The smallest absolute Gasteiger partial charge is 0.428 e. The van der Waals surface area contributed by atoms with Gasteiger partial charge < -0.3 is 4.74 Å². The lowest BCUT2D eigenvalue weighted by Crippen LogP contribution is -2.33. The van der Waals surface area contributed by atoms with E-state index >= 15 is 0 Å². The third-order valence-corrected chi connectivity index (χ3v) is 2.78. The number of ketones is 1. The molecule has 1 unspecified atom stereocenters. The quantitative estimate of drug-likeness (QED) is 0.448. The minimum atomic E-state index is -4.60. The second kappa shape index (κ2) is 6.23. The molecule has 106 valence electrons.